The number of anilines is 1. The molecule has 8 nitrogen and oxygen atoms in total. The number of ether oxygens (including phenoxy) is 2. The number of hydrogen-bond donors (Lipinski definition) is 0. The maximum atomic E-state index is 14.2. The molecular weight excluding hydrogens is 528 g/mol. The molecule has 0 bridgehead atoms. The van der Waals surface area contributed by atoms with Gasteiger partial charge in [-0.05, 0) is 42.7 Å². The molecule has 0 radical (unpaired) electrons. The zero-order chi connectivity index (χ0) is 28.5. The van der Waals surface area contributed by atoms with Crippen molar-refractivity contribution in [2.75, 3.05) is 24.7 Å². The molecule has 1 aliphatic carbocycles. The Morgan fingerprint density at radius 2 is 1.67 bits per heavy atom. The van der Waals surface area contributed by atoms with E-state index in [4.69, 9.17) is 14.5 Å². The van der Waals surface area contributed by atoms with Gasteiger partial charge in [-0.1, -0.05) is 61.7 Å². The standard InChI is InChI=1S/C34H36N4O4/c39-32-19-25(22-37(32)27-15-16-30-31(20-27)42-18-17-41-30)34-35-28-13-7-8-14-29(28)38(34)23-33(40)36(26-11-5-2-6-12-26)21-24-9-3-1-4-10-24/h1,3-4,7-10,13-16,20,25-26H,2,5-6,11-12,17-19,21-23H2. The van der Waals surface area contributed by atoms with Gasteiger partial charge in [-0.3, -0.25) is 9.59 Å². The first-order chi connectivity index (χ1) is 20.6. The summed E-state index contributed by atoms with van der Waals surface area (Å²) in [5.41, 5.74) is 3.70. The number of benzene rings is 3. The van der Waals surface area contributed by atoms with E-state index in [-0.39, 0.29) is 30.3 Å². The third kappa shape index (κ3) is 5.22. The van der Waals surface area contributed by atoms with Crippen molar-refractivity contribution in [2.45, 2.75) is 63.6 Å². The lowest BCUT2D eigenvalue weighted by molar-refractivity contribution is -0.135. The van der Waals surface area contributed by atoms with Gasteiger partial charge in [0.25, 0.3) is 0 Å². The molecule has 216 valence electrons. The first kappa shape index (κ1) is 26.6. The highest BCUT2D eigenvalue weighted by Crippen LogP contribution is 2.38. The summed E-state index contributed by atoms with van der Waals surface area (Å²) in [7, 11) is 0. The fourth-order valence-corrected chi connectivity index (χ4v) is 6.72. The normalized spacial score (nSPS) is 18.9. The fraction of sp³-hybridized carbons (Fsp3) is 0.382. The van der Waals surface area contributed by atoms with E-state index >= 15 is 0 Å². The second-order valence-electron chi connectivity index (χ2n) is 11.6. The van der Waals surface area contributed by atoms with E-state index < -0.39 is 0 Å². The number of carbonyl (C=O) groups is 2. The van der Waals surface area contributed by atoms with E-state index in [0.717, 1.165) is 53.8 Å². The maximum absolute atomic E-state index is 14.2. The van der Waals surface area contributed by atoms with Crippen molar-refractivity contribution in [3.63, 3.8) is 0 Å². The number of imidazole rings is 1. The van der Waals surface area contributed by atoms with Crippen LogP contribution in [-0.2, 0) is 22.7 Å². The Morgan fingerprint density at radius 1 is 0.905 bits per heavy atom. The monoisotopic (exact) mass is 564 g/mol. The molecule has 1 saturated carbocycles. The molecule has 1 unspecified atom stereocenters. The molecule has 3 aromatic carbocycles. The minimum absolute atomic E-state index is 0.0366. The highest BCUT2D eigenvalue weighted by atomic mass is 16.6. The van der Waals surface area contributed by atoms with Crippen LogP contribution in [0.2, 0.25) is 0 Å². The molecule has 42 heavy (non-hydrogen) atoms. The highest BCUT2D eigenvalue weighted by molar-refractivity contribution is 5.97. The van der Waals surface area contributed by atoms with Crippen LogP contribution in [0, 0.1) is 0 Å². The van der Waals surface area contributed by atoms with Crippen molar-refractivity contribution in [3.8, 4) is 11.5 Å². The number of nitrogens with zero attached hydrogens (tertiary/aromatic N) is 4. The summed E-state index contributed by atoms with van der Waals surface area (Å²) in [6.07, 6.45) is 5.96. The molecule has 0 spiro atoms. The van der Waals surface area contributed by atoms with Crippen LogP contribution in [0.3, 0.4) is 0 Å². The number of carbonyl (C=O) groups excluding carboxylic acids is 2. The molecule has 7 rings (SSSR count). The molecule has 4 aromatic rings. The van der Waals surface area contributed by atoms with Gasteiger partial charge in [0.05, 0.1) is 11.0 Å². The van der Waals surface area contributed by atoms with Crippen LogP contribution in [0.1, 0.15) is 55.8 Å². The van der Waals surface area contributed by atoms with Gasteiger partial charge in [-0.25, -0.2) is 4.98 Å². The zero-order valence-electron chi connectivity index (χ0n) is 23.8. The van der Waals surface area contributed by atoms with Crippen LogP contribution in [-0.4, -0.2) is 52.1 Å². The van der Waals surface area contributed by atoms with Gasteiger partial charge in [0.1, 0.15) is 25.6 Å². The van der Waals surface area contributed by atoms with Crippen molar-refractivity contribution in [2.24, 2.45) is 0 Å². The van der Waals surface area contributed by atoms with E-state index in [9.17, 15) is 9.59 Å². The lowest BCUT2D eigenvalue weighted by Crippen LogP contribution is -2.42. The second kappa shape index (κ2) is 11.5. The molecule has 3 heterocycles. The quantitative estimate of drug-likeness (QED) is 0.288. The van der Waals surface area contributed by atoms with E-state index in [0.29, 0.717) is 44.2 Å². The van der Waals surface area contributed by atoms with E-state index in [1.165, 1.54) is 6.42 Å². The van der Waals surface area contributed by atoms with Crippen molar-refractivity contribution in [1.82, 2.24) is 14.5 Å². The third-order valence-corrected chi connectivity index (χ3v) is 8.84. The predicted molar refractivity (Wildman–Crippen MR) is 161 cm³/mol. The van der Waals surface area contributed by atoms with Gasteiger partial charge in [-0.2, -0.15) is 0 Å². The van der Waals surface area contributed by atoms with E-state index in [2.05, 4.69) is 21.6 Å². The summed E-state index contributed by atoms with van der Waals surface area (Å²) in [6.45, 7) is 2.31. The van der Waals surface area contributed by atoms with Gasteiger partial charge >= 0.3 is 0 Å². The van der Waals surface area contributed by atoms with Gasteiger partial charge in [0.15, 0.2) is 11.5 Å². The summed E-state index contributed by atoms with van der Waals surface area (Å²) in [4.78, 5) is 36.4. The molecule has 2 amide bonds. The number of para-hydroxylation sites is 2. The summed E-state index contributed by atoms with van der Waals surface area (Å²) in [5, 5.41) is 0. The Kier molecular flexibility index (Phi) is 7.28. The smallest absolute Gasteiger partial charge is 0.243 e. The summed E-state index contributed by atoms with van der Waals surface area (Å²) in [6, 6.07) is 24.1. The fourth-order valence-electron chi connectivity index (χ4n) is 6.72. The Bertz CT molecular complexity index is 1590. The Balaban J connectivity index is 1.18. The average molecular weight is 565 g/mol. The first-order valence-corrected chi connectivity index (χ1v) is 15.1. The largest absolute Gasteiger partial charge is 0.486 e. The molecule has 3 aliphatic rings. The lowest BCUT2D eigenvalue weighted by Gasteiger charge is -2.35. The Labute approximate surface area is 245 Å². The minimum Gasteiger partial charge on any atom is -0.486 e. The number of fused-ring (bicyclic) bond motifs is 2. The van der Waals surface area contributed by atoms with Crippen LogP contribution in [0.5, 0.6) is 11.5 Å². The summed E-state index contributed by atoms with van der Waals surface area (Å²) < 4.78 is 13.5. The Hall–Kier alpha value is -4.33. The number of hydrogen-bond acceptors (Lipinski definition) is 5. The van der Waals surface area contributed by atoms with Gasteiger partial charge in [0, 0.05) is 43.2 Å². The third-order valence-electron chi connectivity index (χ3n) is 8.84. The predicted octanol–water partition coefficient (Wildman–Crippen LogP) is 5.69. The second-order valence-corrected chi connectivity index (χ2v) is 11.6. The van der Waals surface area contributed by atoms with Crippen molar-refractivity contribution < 1.29 is 19.1 Å². The number of rotatable bonds is 7. The van der Waals surface area contributed by atoms with Crippen LogP contribution in [0.15, 0.2) is 72.8 Å². The minimum atomic E-state index is -0.136. The summed E-state index contributed by atoms with van der Waals surface area (Å²) in [5.74, 6) is 2.16. The van der Waals surface area contributed by atoms with Crippen LogP contribution in [0.4, 0.5) is 5.69 Å². The topological polar surface area (TPSA) is 76.9 Å². The molecular formula is C34H36N4O4. The first-order valence-electron chi connectivity index (χ1n) is 15.1. The van der Waals surface area contributed by atoms with Crippen molar-refractivity contribution >= 4 is 28.5 Å². The van der Waals surface area contributed by atoms with Crippen molar-refractivity contribution in [1.29, 1.82) is 0 Å². The molecule has 2 fully saturated rings. The van der Waals surface area contributed by atoms with Crippen LogP contribution < -0.4 is 14.4 Å². The Morgan fingerprint density at radius 3 is 2.50 bits per heavy atom. The zero-order valence-corrected chi connectivity index (χ0v) is 23.8. The molecule has 0 N–H and O–H groups in total. The molecule has 2 aliphatic heterocycles. The lowest BCUT2D eigenvalue weighted by atomic mass is 9.93. The number of aromatic nitrogens is 2. The van der Waals surface area contributed by atoms with Crippen molar-refractivity contribution in [3.05, 3.63) is 84.2 Å². The maximum Gasteiger partial charge on any atom is 0.243 e. The highest BCUT2D eigenvalue weighted by Gasteiger charge is 2.36. The van der Waals surface area contributed by atoms with Crippen LogP contribution >= 0.6 is 0 Å². The average Bonchev–Trinajstić information content (AvgIpc) is 3.60. The van der Waals surface area contributed by atoms with Gasteiger partial charge < -0.3 is 23.8 Å². The van der Waals surface area contributed by atoms with E-state index in [1.807, 2.05) is 60.7 Å². The molecule has 1 atom stereocenters. The van der Waals surface area contributed by atoms with Crippen LogP contribution in [0.25, 0.3) is 11.0 Å². The molecule has 8 heteroatoms. The van der Waals surface area contributed by atoms with Gasteiger partial charge in [0.2, 0.25) is 11.8 Å². The SMILES string of the molecule is O=C1CC(c2nc3ccccc3n2CC(=O)N(Cc2ccccc2)C2CCCCC2)CN1c1ccc2c(c1)OCCO2. The molecule has 1 saturated heterocycles. The number of amides is 2. The summed E-state index contributed by atoms with van der Waals surface area (Å²) >= 11 is 0. The molecule has 1 aromatic heterocycles. The van der Waals surface area contributed by atoms with Gasteiger partial charge in [-0.15, -0.1) is 0 Å². The van der Waals surface area contributed by atoms with E-state index in [1.54, 1.807) is 4.90 Å².